The van der Waals surface area contributed by atoms with E-state index in [1.54, 1.807) is 0 Å². The minimum Gasteiger partial charge on any atom is -0.371 e. The molecule has 2 atom stereocenters. The van der Waals surface area contributed by atoms with Crippen molar-refractivity contribution in [3.05, 3.63) is 30.1 Å². The fraction of sp³-hybridized carbons (Fsp3) is 0.545. The molecule has 0 amide bonds. The van der Waals surface area contributed by atoms with E-state index in [0.717, 1.165) is 25.2 Å². The highest BCUT2D eigenvalue weighted by Crippen LogP contribution is 2.10. The number of hydrogen-bond acceptors (Lipinski definition) is 3. The van der Waals surface area contributed by atoms with Gasteiger partial charge < -0.3 is 10.1 Å². The van der Waals surface area contributed by atoms with Crippen molar-refractivity contribution in [2.24, 2.45) is 0 Å². The van der Waals surface area contributed by atoms with Gasteiger partial charge >= 0.3 is 0 Å². The van der Waals surface area contributed by atoms with Crippen LogP contribution in [0.1, 0.15) is 5.69 Å². The van der Waals surface area contributed by atoms with Gasteiger partial charge in [-0.25, -0.2) is 0 Å². The second-order valence-electron chi connectivity index (χ2n) is 3.72. The number of halogens is 1. The first-order valence-electron chi connectivity index (χ1n) is 5.20. The highest BCUT2D eigenvalue weighted by atomic mass is 35.5. The Kier molecular flexibility index (Phi) is 3.94. The Morgan fingerprint density at radius 2 is 2.27 bits per heavy atom. The van der Waals surface area contributed by atoms with Crippen LogP contribution in [0.15, 0.2) is 24.4 Å². The molecule has 0 spiro atoms. The Morgan fingerprint density at radius 3 is 3.00 bits per heavy atom. The van der Waals surface area contributed by atoms with E-state index in [2.05, 4.69) is 10.3 Å². The first kappa shape index (κ1) is 10.9. The average Bonchev–Trinajstić information content (AvgIpc) is 2.31. The Morgan fingerprint density at radius 1 is 1.40 bits per heavy atom. The van der Waals surface area contributed by atoms with E-state index in [0.29, 0.717) is 5.88 Å². The number of ether oxygens (including phenoxy) is 1. The van der Waals surface area contributed by atoms with Gasteiger partial charge in [0, 0.05) is 37.3 Å². The normalized spacial score (nSPS) is 26.5. The van der Waals surface area contributed by atoms with E-state index in [-0.39, 0.29) is 12.2 Å². The fourth-order valence-corrected chi connectivity index (χ4v) is 1.92. The predicted octanol–water partition coefficient (Wildman–Crippen LogP) is 1.22. The maximum Gasteiger partial charge on any atom is 0.0839 e. The molecule has 2 unspecified atom stereocenters. The van der Waals surface area contributed by atoms with Gasteiger partial charge in [0.1, 0.15) is 0 Å². The van der Waals surface area contributed by atoms with Crippen LogP contribution < -0.4 is 5.32 Å². The van der Waals surface area contributed by atoms with Crippen LogP contribution in [0.3, 0.4) is 0 Å². The number of nitrogens with zero attached hydrogens (tertiary/aromatic N) is 1. The van der Waals surface area contributed by atoms with Gasteiger partial charge in [-0.15, -0.1) is 11.6 Å². The van der Waals surface area contributed by atoms with E-state index in [4.69, 9.17) is 16.3 Å². The maximum absolute atomic E-state index is 5.81. The Labute approximate surface area is 94.8 Å². The van der Waals surface area contributed by atoms with Crippen LogP contribution in [0.4, 0.5) is 0 Å². The van der Waals surface area contributed by atoms with Gasteiger partial charge in [0.25, 0.3) is 0 Å². The third kappa shape index (κ3) is 3.16. The molecule has 0 saturated carbocycles. The second-order valence-corrected chi connectivity index (χ2v) is 4.03. The molecule has 1 saturated heterocycles. The SMILES string of the molecule is ClCC1CNCC(Cc2ccccn2)O1. The van der Waals surface area contributed by atoms with Gasteiger partial charge in [-0.1, -0.05) is 6.07 Å². The zero-order chi connectivity index (χ0) is 10.5. The van der Waals surface area contributed by atoms with Gasteiger partial charge in [-0.05, 0) is 12.1 Å². The zero-order valence-corrected chi connectivity index (χ0v) is 9.28. The number of morpholine rings is 1. The van der Waals surface area contributed by atoms with Gasteiger partial charge in [0.15, 0.2) is 0 Å². The highest BCUT2D eigenvalue weighted by Gasteiger charge is 2.21. The lowest BCUT2D eigenvalue weighted by Gasteiger charge is -2.29. The van der Waals surface area contributed by atoms with Crippen LogP contribution in [-0.2, 0) is 11.2 Å². The van der Waals surface area contributed by atoms with Crippen molar-refractivity contribution in [2.75, 3.05) is 19.0 Å². The van der Waals surface area contributed by atoms with Gasteiger partial charge in [-0.3, -0.25) is 4.98 Å². The zero-order valence-electron chi connectivity index (χ0n) is 8.53. The van der Waals surface area contributed by atoms with Crippen molar-refractivity contribution in [2.45, 2.75) is 18.6 Å². The van der Waals surface area contributed by atoms with Gasteiger partial charge in [0.2, 0.25) is 0 Å². The fourth-order valence-electron chi connectivity index (χ4n) is 1.74. The van der Waals surface area contributed by atoms with Gasteiger partial charge in [-0.2, -0.15) is 0 Å². The summed E-state index contributed by atoms with van der Waals surface area (Å²) in [5, 5.41) is 3.32. The number of hydrogen-bond donors (Lipinski definition) is 1. The Balaban J connectivity index is 1.89. The van der Waals surface area contributed by atoms with E-state index < -0.39 is 0 Å². The lowest BCUT2D eigenvalue weighted by atomic mass is 10.1. The Hall–Kier alpha value is -0.640. The van der Waals surface area contributed by atoms with E-state index in [1.165, 1.54) is 0 Å². The molecule has 4 heteroatoms. The first-order chi connectivity index (χ1) is 7.38. The highest BCUT2D eigenvalue weighted by molar-refractivity contribution is 6.18. The van der Waals surface area contributed by atoms with Crippen LogP contribution >= 0.6 is 11.6 Å². The number of nitrogens with one attached hydrogen (secondary N) is 1. The molecule has 1 aliphatic heterocycles. The van der Waals surface area contributed by atoms with E-state index in [1.807, 2.05) is 24.4 Å². The summed E-state index contributed by atoms with van der Waals surface area (Å²) in [6.45, 7) is 1.73. The summed E-state index contributed by atoms with van der Waals surface area (Å²) in [6.07, 6.45) is 2.98. The first-order valence-corrected chi connectivity index (χ1v) is 5.74. The lowest BCUT2D eigenvalue weighted by Crippen LogP contribution is -2.46. The lowest BCUT2D eigenvalue weighted by molar-refractivity contribution is -0.0249. The van der Waals surface area contributed by atoms with Crippen molar-refractivity contribution in [3.63, 3.8) is 0 Å². The Bertz CT molecular complexity index is 294. The van der Waals surface area contributed by atoms with Crippen LogP contribution in [0, 0.1) is 0 Å². The summed E-state index contributed by atoms with van der Waals surface area (Å²) in [7, 11) is 0. The summed E-state index contributed by atoms with van der Waals surface area (Å²) >= 11 is 5.77. The third-order valence-corrected chi connectivity index (χ3v) is 2.81. The molecule has 0 aliphatic carbocycles. The monoisotopic (exact) mass is 226 g/mol. The minimum absolute atomic E-state index is 0.133. The van der Waals surface area contributed by atoms with Crippen molar-refractivity contribution < 1.29 is 4.74 Å². The van der Waals surface area contributed by atoms with Crippen molar-refractivity contribution >= 4 is 11.6 Å². The minimum atomic E-state index is 0.133. The summed E-state index contributed by atoms with van der Waals surface area (Å²) in [5.41, 5.74) is 1.07. The molecular weight excluding hydrogens is 212 g/mol. The molecule has 1 aromatic heterocycles. The van der Waals surface area contributed by atoms with Crippen LogP contribution in [0.2, 0.25) is 0 Å². The van der Waals surface area contributed by atoms with E-state index >= 15 is 0 Å². The molecule has 2 rings (SSSR count). The molecular formula is C11H15ClN2O. The third-order valence-electron chi connectivity index (χ3n) is 2.46. The van der Waals surface area contributed by atoms with Crippen molar-refractivity contribution in [1.29, 1.82) is 0 Å². The molecule has 0 bridgehead atoms. The smallest absolute Gasteiger partial charge is 0.0839 e. The molecule has 0 aromatic carbocycles. The predicted molar refractivity (Wildman–Crippen MR) is 60.2 cm³/mol. The topological polar surface area (TPSA) is 34.2 Å². The maximum atomic E-state index is 5.81. The molecule has 1 N–H and O–H groups in total. The number of pyridine rings is 1. The van der Waals surface area contributed by atoms with Crippen LogP contribution in [0.25, 0.3) is 0 Å². The number of aromatic nitrogens is 1. The van der Waals surface area contributed by atoms with Gasteiger partial charge in [0.05, 0.1) is 12.2 Å². The van der Waals surface area contributed by atoms with Crippen molar-refractivity contribution in [1.82, 2.24) is 10.3 Å². The molecule has 1 fully saturated rings. The number of rotatable bonds is 3. The quantitative estimate of drug-likeness (QED) is 0.788. The molecule has 82 valence electrons. The largest absolute Gasteiger partial charge is 0.371 e. The molecule has 2 heterocycles. The second kappa shape index (κ2) is 5.45. The van der Waals surface area contributed by atoms with E-state index in [9.17, 15) is 0 Å². The van der Waals surface area contributed by atoms with Crippen LogP contribution in [0.5, 0.6) is 0 Å². The molecule has 0 radical (unpaired) electrons. The molecule has 3 nitrogen and oxygen atoms in total. The molecule has 15 heavy (non-hydrogen) atoms. The number of alkyl halides is 1. The van der Waals surface area contributed by atoms with Crippen LogP contribution in [-0.4, -0.2) is 36.2 Å². The summed E-state index contributed by atoms with van der Waals surface area (Å²) < 4.78 is 5.81. The van der Waals surface area contributed by atoms with Crippen molar-refractivity contribution in [3.8, 4) is 0 Å². The summed E-state index contributed by atoms with van der Waals surface area (Å²) in [4.78, 5) is 4.28. The molecule has 1 aromatic rings. The average molecular weight is 227 g/mol. The standard InChI is InChI=1S/C11H15ClN2O/c12-6-11-8-13-7-10(15-11)5-9-3-1-2-4-14-9/h1-4,10-11,13H,5-8H2. The summed E-state index contributed by atoms with van der Waals surface area (Å²) in [6, 6.07) is 5.94. The molecule has 1 aliphatic rings. The summed E-state index contributed by atoms with van der Waals surface area (Å²) in [5.74, 6) is 0.547.